The van der Waals surface area contributed by atoms with Crippen LogP contribution < -0.4 is 4.74 Å². The number of rotatable bonds is 8. The van der Waals surface area contributed by atoms with Crippen molar-refractivity contribution >= 4 is 5.78 Å². The molecule has 0 unspecified atom stereocenters. The fourth-order valence-corrected chi connectivity index (χ4v) is 4.54. The lowest BCUT2D eigenvalue weighted by Crippen LogP contribution is -2.50. The van der Waals surface area contributed by atoms with Gasteiger partial charge in [-0.15, -0.1) is 0 Å². The first-order valence-electron chi connectivity index (χ1n) is 10.2. The van der Waals surface area contributed by atoms with E-state index in [2.05, 4.69) is 4.90 Å². The van der Waals surface area contributed by atoms with Gasteiger partial charge in [0.05, 0.1) is 0 Å². The number of hydrogen-bond donors (Lipinski definition) is 1. The van der Waals surface area contributed by atoms with Crippen molar-refractivity contribution < 1.29 is 14.6 Å². The van der Waals surface area contributed by atoms with E-state index >= 15 is 0 Å². The average Bonchev–Trinajstić information content (AvgIpc) is 2.66. The van der Waals surface area contributed by atoms with Gasteiger partial charge in [-0.2, -0.15) is 0 Å². The van der Waals surface area contributed by atoms with Crippen LogP contribution in [0.1, 0.15) is 57.4 Å². The number of Topliss-reactive ketones (excluding diaryl/α,β-unsaturated/α-hetero) is 1. The minimum Gasteiger partial charge on any atom is -0.491 e. The van der Waals surface area contributed by atoms with Crippen LogP contribution in [0.2, 0.25) is 0 Å². The first-order valence-corrected chi connectivity index (χ1v) is 10.2. The molecular weight excluding hydrogens is 326 g/mol. The first kappa shape index (κ1) is 19.4. The van der Waals surface area contributed by atoms with Crippen molar-refractivity contribution in [2.24, 2.45) is 5.92 Å². The number of fused-ring (bicyclic) bond motifs is 1. The molecule has 2 fully saturated rings. The highest BCUT2D eigenvalue weighted by molar-refractivity contribution is 5.75. The van der Waals surface area contributed by atoms with E-state index in [1.54, 1.807) is 6.92 Å². The van der Waals surface area contributed by atoms with E-state index < -0.39 is 6.10 Å². The highest BCUT2D eigenvalue weighted by Crippen LogP contribution is 2.35. The molecule has 1 aliphatic carbocycles. The van der Waals surface area contributed by atoms with Gasteiger partial charge in [0.25, 0.3) is 0 Å². The van der Waals surface area contributed by atoms with E-state index in [0.29, 0.717) is 19.1 Å². The Hall–Kier alpha value is -1.39. The molecule has 0 amide bonds. The summed E-state index contributed by atoms with van der Waals surface area (Å²) in [6.07, 6.45) is 8.90. The molecule has 1 aromatic rings. The predicted octanol–water partition coefficient (Wildman–Crippen LogP) is 3.60. The number of β-amino-alcohol motifs (C(OH)–C–C–N with tert-alkyl or cyclic N) is 1. The van der Waals surface area contributed by atoms with Crippen molar-refractivity contribution in [3.05, 3.63) is 29.8 Å². The molecule has 1 N–H and O–H groups in total. The Bertz CT molecular complexity index is 569. The SMILES string of the molecule is CC(=O)CCc1ccc(OC[C@H](O)CN2CCC[C@H]3CCCC[C@@H]32)cc1. The third-order valence-corrected chi connectivity index (χ3v) is 5.93. The highest BCUT2D eigenvalue weighted by atomic mass is 16.5. The molecule has 1 saturated heterocycles. The molecule has 3 atom stereocenters. The van der Waals surface area contributed by atoms with E-state index in [1.165, 1.54) is 38.5 Å². The Morgan fingerprint density at radius 3 is 2.69 bits per heavy atom. The smallest absolute Gasteiger partial charge is 0.130 e. The minimum absolute atomic E-state index is 0.214. The standard InChI is InChI=1S/C22H33NO3/c1-17(24)8-9-18-10-12-21(13-11-18)26-16-20(25)15-23-14-4-6-19-5-2-3-7-22(19)23/h10-13,19-20,22,25H,2-9,14-16H2,1H3/t19-,20-,22+/m1/s1. The summed E-state index contributed by atoms with van der Waals surface area (Å²) in [6.45, 7) is 3.79. The van der Waals surface area contributed by atoms with Crippen LogP contribution in [0.5, 0.6) is 5.75 Å². The van der Waals surface area contributed by atoms with E-state index in [1.807, 2.05) is 24.3 Å². The molecule has 0 spiro atoms. The Kier molecular flexibility index (Phi) is 7.09. The van der Waals surface area contributed by atoms with Crippen LogP contribution in [0.25, 0.3) is 0 Å². The quantitative estimate of drug-likeness (QED) is 0.770. The number of benzene rings is 1. The third kappa shape index (κ3) is 5.55. The number of aryl methyl sites for hydroxylation is 1. The number of ether oxygens (including phenoxy) is 1. The van der Waals surface area contributed by atoms with Gasteiger partial charge >= 0.3 is 0 Å². The summed E-state index contributed by atoms with van der Waals surface area (Å²) in [5.41, 5.74) is 1.14. The molecule has 0 bridgehead atoms. The average molecular weight is 360 g/mol. The van der Waals surface area contributed by atoms with Gasteiger partial charge in [0.15, 0.2) is 0 Å². The molecule has 1 aliphatic heterocycles. The van der Waals surface area contributed by atoms with Gasteiger partial charge in [-0.1, -0.05) is 25.0 Å². The first-order chi connectivity index (χ1) is 12.6. The molecule has 2 aliphatic rings. The molecule has 4 nitrogen and oxygen atoms in total. The summed E-state index contributed by atoms with van der Waals surface area (Å²) < 4.78 is 5.78. The van der Waals surface area contributed by atoms with Crippen LogP contribution in [0.4, 0.5) is 0 Å². The molecule has 3 rings (SSSR count). The molecule has 26 heavy (non-hydrogen) atoms. The summed E-state index contributed by atoms with van der Waals surface area (Å²) in [4.78, 5) is 13.6. The van der Waals surface area contributed by atoms with Crippen LogP contribution >= 0.6 is 0 Å². The van der Waals surface area contributed by atoms with Gasteiger partial charge in [0, 0.05) is 19.0 Å². The highest BCUT2D eigenvalue weighted by Gasteiger charge is 2.33. The van der Waals surface area contributed by atoms with Crippen LogP contribution in [0, 0.1) is 5.92 Å². The topological polar surface area (TPSA) is 49.8 Å². The van der Waals surface area contributed by atoms with Gasteiger partial charge in [-0.3, -0.25) is 4.90 Å². The van der Waals surface area contributed by atoms with Crippen molar-refractivity contribution in [3.8, 4) is 5.75 Å². The van der Waals surface area contributed by atoms with Crippen molar-refractivity contribution in [1.29, 1.82) is 0 Å². The number of ketones is 1. The molecule has 144 valence electrons. The second-order valence-electron chi connectivity index (χ2n) is 8.06. The summed E-state index contributed by atoms with van der Waals surface area (Å²) in [5, 5.41) is 10.4. The molecule has 4 heteroatoms. The van der Waals surface area contributed by atoms with E-state index in [0.717, 1.165) is 36.7 Å². The Labute approximate surface area is 157 Å². The number of piperidine rings is 1. The number of carbonyl (C=O) groups is 1. The van der Waals surface area contributed by atoms with Crippen LogP contribution in [-0.2, 0) is 11.2 Å². The zero-order valence-electron chi connectivity index (χ0n) is 16.0. The van der Waals surface area contributed by atoms with E-state index in [-0.39, 0.29) is 5.78 Å². The maximum absolute atomic E-state index is 11.1. The number of likely N-dealkylation sites (tertiary alicyclic amines) is 1. The molecular formula is C22H33NO3. The summed E-state index contributed by atoms with van der Waals surface area (Å²) in [5.74, 6) is 1.84. The van der Waals surface area contributed by atoms with E-state index in [4.69, 9.17) is 4.74 Å². The Morgan fingerprint density at radius 1 is 1.19 bits per heavy atom. The minimum atomic E-state index is -0.451. The van der Waals surface area contributed by atoms with Crippen molar-refractivity contribution in [2.45, 2.75) is 70.4 Å². The van der Waals surface area contributed by atoms with Crippen molar-refractivity contribution in [3.63, 3.8) is 0 Å². The van der Waals surface area contributed by atoms with Crippen LogP contribution in [0.3, 0.4) is 0 Å². The Morgan fingerprint density at radius 2 is 1.92 bits per heavy atom. The van der Waals surface area contributed by atoms with Gasteiger partial charge in [-0.25, -0.2) is 0 Å². The maximum Gasteiger partial charge on any atom is 0.130 e. The Balaban J connectivity index is 1.43. The summed E-state index contributed by atoms with van der Waals surface area (Å²) >= 11 is 0. The van der Waals surface area contributed by atoms with Crippen molar-refractivity contribution in [1.82, 2.24) is 4.90 Å². The van der Waals surface area contributed by atoms with Gasteiger partial charge in [0.2, 0.25) is 0 Å². The van der Waals surface area contributed by atoms with Crippen LogP contribution in [0.15, 0.2) is 24.3 Å². The lowest BCUT2D eigenvalue weighted by Gasteiger charge is -2.44. The second-order valence-corrected chi connectivity index (χ2v) is 8.06. The molecule has 0 aromatic heterocycles. The molecule has 1 aromatic carbocycles. The lowest BCUT2D eigenvalue weighted by atomic mass is 9.78. The monoisotopic (exact) mass is 359 g/mol. The van der Waals surface area contributed by atoms with E-state index in [9.17, 15) is 9.90 Å². The fourth-order valence-electron chi connectivity index (χ4n) is 4.54. The van der Waals surface area contributed by atoms with Gasteiger partial charge in [-0.05, 0) is 69.2 Å². The zero-order valence-corrected chi connectivity index (χ0v) is 16.0. The molecule has 1 saturated carbocycles. The summed E-state index contributed by atoms with van der Waals surface area (Å²) in [7, 11) is 0. The van der Waals surface area contributed by atoms with Crippen LogP contribution in [-0.4, -0.2) is 47.6 Å². The number of nitrogens with zero attached hydrogens (tertiary/aromatic N) is 1. The number of carbonyl (C=O) groups excluding carboxylic acids is 1. The van der Waals surface area contributed by atoms with Gasteiger partial charge in [0.1, 0.15) is 24.2 Å². The lowest BCUT2D eigenvalue weighted by molar-refractivity contribution is -0.116. The number of aliphatic hydroxyl groups is 1. The predicted molar refractivity (Wildman–Crippen MR) is 103 cm³/mol. The second kappa shape index (κ2) is 9.52. The normalized spacial score (nSPS) is 24.7. The number of aliphatic hydroxyl groups excluding tert-OH is 1. The molecule has 1 heterocycles. The number of hydrogen-bond acceptors (Lipinski definition) is 4. The fraction of sp³-hybridized carbons (Fsp3) is 0.682. The third-order valence-electron chi connectivity index (χ3n) is 5.93. The van der Waals surface area contributed by atoms with Crippen molar-refractivity contribution in [2.75, 3.05) is 19.7 Å². The largest absolute Gasteiger partial charge is 0.491 e. The maximum atomic E-state index is 11.1. The molecule has 0 radical (unpaired) electrons. The van der Waals surface area contributed by atoms with Gasteiger partial charge < -0.3 is 14.6 Å². The summed E-state index contributed by atoms with van der Waals surface area (Å²) in [6, 6.07) is 8.54. The zero-order chi connectivity index (χ0) is 18.4.